The highest BCUT2D eigenvalue weighted by molar-refractivity contribution is 5.40. The van der Waals surface area contributed by atoms with Gasteiger partial charge >= 0.3 is 0 Å². The quantitative estimate of drug-likeness (QED) is 0.835. The van der Waals surface area contributed by atoms with Crippen molar-refractivity contribution in [1.82, 2.24) is 4.90 Å². The van der Waals surface area contributed by atoms with Crippen molar-refractivity contribution in [2.75, 3.05) is 26.2 Å². The number of nitrogens with zero attached hydrogens (tertiary/aromatic N) is 1. The Morgan fingerprint density at radius 3 is 2.63 bits per heavy atom. The van der Waals surface area contributed by atoms with Gasteiger partial charge in [0.05, 0.1) is 0 Å². The third kappa shape index (κ3) is 3.03. The molecule has 1 fully saturated rings. The van der Waals surface area contributed by atoms with Crippen LogP contribution in [0.3, 0.4) is 0 Å². The lowest BCUT2D eigenvalue weighted by Gasteiger charge is -2.35. The van der Waals surface area contributed by atoms with Crippen LogP contribution in [-0.4, -0.2) is 37.2 Å². The highest BCUT2D eigenvalue weighted by atomic mass is 16.6. The molecule has 1 atom stereocenters. The van der Waals surface area contributed by atoms with Gasteiger partial charge in [0.1, 0.15) is 12.7 Å². The summed E-state index contributed by atoms with van der Waals surface area (Å²) in [6, 6.07) is 7.94. The second-order valence-corrected chi connectivity index (χ2v) is 5.65. The van der Waals surface area contributed by atoms with Crippen LogP contribution in [-0.2, 0) is 0 Å². The zero-order chi connectivity index (χ0) is 13.1. The number of ether oxygens (including phenoxy) is 2. The van der Waals surface area contributed by atoms with Gasteiger partial charge in [-0.15, -0.1) is 0 Å². The van der Waals surface area contributed by atoms with Crippen LogP contribution in [0.5, 0.6) is 11.5 Å². The van der Waals surface area contributed by atoms with Crippen LogP contribution >= 0.6 is 0 Å². The molecule has 0 N–H and O–H groups in total. The molecule has 1 saturated heterocycles. The number of fused-ring (bicyclic) bond motifs is 1. The SMILES string of the molecule is CCC1CCN(CC2COc3ccccc3O2)CC1. The van der Waals surface area contributed by atoms with Crippen molar-refractivity contribution < 1.29 is 9.47 Å². The minimum Gasteiger partial charge on any atom is -0.486 e. The molecule has 2 aliphatic heterocycles. The predicted octanol–water partition coefficient (Wildman–Crippen LogP) is 2.95. The Morgan fingerprint density at radius 1 is 1.16 bits per heavy atom. The molecule has 0 aliphatic carbocycles. The molecule has 1 aromatic rings. The van der Waals surface area contributed by atoms with E-state index >= 15 is 0 Å². The van der Waals surface area contributed by atoms with Crippen LogP contribution in [0.1, 0.15) is 26.2 Å². The molecule has 3 nitrogen and oxygen atoms in total. The van der Waals surface area contributed by atoms with Crippen molar-refractivity contribution in [2.45, 2.75) is 32.3 Å². The van der Waals surface area contributed by atoms with Crippen molar-refractivity contribution in [3.05, 3.63) is 24.3 Å². The number of benzene rings is 1. The molecule has 3 rings (SSSR count). The standard InChI is InChI=1S/C16H23NO2/c1-2-13-7-9-17(10-8-13)11-14-12-18-15-5-3-4-6-16(15)19-14/h3-6,13-14H,2,7-12H2,1H3. The van der Waals surface area contributed by atoms with Crippen molar-refractivity contribution >= 4 is 0 Å². The van der Waals surface area contributed by atoms with Gasteiger partial charge in [0.25, 0.3) is 0 Å². The zero-order valence-electron chi connectivity index (χ0n) is 11.7. The van der Waals surface area contributed by atoms with Gasteiger partial charge < -0.3 is 9.47 Å². The Hall–Kier alpha value is -1.22. The van der Waals surface area contributed by atoms with Gasteiger partial charge in [0.15, 0.2) is 11.5 Å². The first-order chi connectivity index (χ1) is 9.35. The van der Waals surface area contributed by atoms with Crippen LogP contribution in [0.25, 0.3) is 0 Å². The number of piperidine rings is 1. The predicted molar refractivity (Wildman–Crippen MR) is 75.8 cm³/mol. The normalized spacial score (nSPS) is 24.4. The maximum absolute atomic E-state index is 6.02. The van der Waals surface area contributed by atoms with Crippen LogP contribution in [0.2, 0.25) is 0 Å². The number of likely N-dealkylation sites (tertiary alicyclic amines) is 1. The summed E-state index contributed by atoms with van der Waals surface area (Å²) in [5.74, 6) is 2.70. The summed E-state index contributed by atoms with van der Waals surface area (Å²) < 4.78 is 11.8. The Morgan fingerprint density at radius 2 is 1.89 bits per heavy atom. The fourth-order valence-corrected chi connectivity index (χ4v) is 3.02. The first-order valence-electron chi connectivity index (χ1n) is 7.46. The van der Waals surface area contributed by atoms with E-state index in [-0.39, 0.29) is 6.10 Å². The van der Waals surface area contributed by atoms with E-state index in [2.05, 4.69) is 11.8 Å². The molecule has 0 aromatic heterocycles. The van der Waals surface area contributed by atoms with Gasteiger partial charge in [-0.2, -0.15) is 0 Å². The van der Waals surface area contributed by atoms with E-state index in [1.807, 2.05) is 24.3 Å². The molecule has 0 saturated carbocycles. The fourth-order valence-electron chi connectivity index (χ4n) is 3.02. The second kappa shape index (κ2) is 5.83. The minimum absolute atomic E-state index is 0.174. The Balaban J connectivity index is 1.52. The molecular formula is C16H23NO2. The number of hydrogen-bond acceptors (Lipinski definition) is 3. The third-order valence-corrected chi connectivity index (χ3v) is 4.31. The Labute approximate surface area is 115 Å². The zero-order valence-corrected chi connectivity index (χ0v) is 11.7. The second-order valence-electron chi connectivity index (χ2n) is 5.65. The molecule has 1 aromatic carbocycles. The topological polar surface area (TPSA) is 21.7 Å². The molecule has 0 bridgehead atoms. The lowest BCUT2D eigenvalue weighted by molar-refractivity contribution is 0.0475. The monoisotopic (exact) mass is 261 g/mol. The van der Waals surface area contributed by atoms with Gasteiger partial charge in [0, 0.05) is 6.54 Å². The molecule has 2 aliphatic rings. The average molecular weight is 261 g/mol. The molecule has 0 radical (unpaired) electrons. The Kier molecular flexibility index (Phi) is 3.92. The van der Waals surface area contributed by atoms with Crippen LogP contribution in [0.15, 0.2) is 24.3 Å². The largest absolute Gasteiger partial charge is 0.486 e. The summed E-state index contributed by atoms with van der Waals surface area (Å²) in [5.41, 5.74) is 0. The average Bonchev–Trinajstić information content (AvgIpc) is 2.48. The molecule has 0 amide bonds. The molecule has 1 unspecified atom stereocenters. The van der Waals surface area contributed by atoms with Gasteiger partial charge in [-0.05, 0) is 44.0 Å². The molecule has 19 heavy (non-hydrogen) atoms. The van der Waals surface area contributed by atoms with Crippen molar-refractivity contribution in [3.63, 3.8) is 0 Å². The highest BCUT2D eigenvalue weighted by Crippen LogP contribution is 2.31. The van der Waals surface area contributed by atoms with Crippen molar-refractivity contribution in [3.8, 4) is 11.5 Å². The highest BCUT2D eigenvalue weighted by Gasteiger charge is 2.25. The maximum Gasteiger partial charge on any atom is 0.161 e. The number of rotatable bonds is 3. The van der Waals surface area contributed by atoms with E-state index in [9.17, 15) is 0 Å². The van der Waals surface area contributed by atoms with E-state index < -0.39 is 0 Å². The lowest BCUT2D eigenvalue weighted by Crippen LogP contribution is -2.44. The first-order valence-corrected chi connectivity index (χ1v) is 7.46. The van der Waals surface area contributed by atoms with E-state index in [0.29, 0.717) is 6.61 Å². The Bertz CT molecular complexity index is 413. The van der Waals surface area contributed by atoms with Crippen molar-refractivity contribution in [2.24, 2.45) is 5.92 Å². The summed E-state index contributed by atoms with van der Waals surface area (Å²) in [7, 11) is 0. The van der Waals surface area contributed by atoms with E-state index in [0.717, 1.165) is 24.0 Å². The van der Waals surface area contributed by atoms with Crippen LogP contribution in [0.4, 0.5) is 0 Å². The molecule has 104 valence electrons. The molecule has 0 spiro atoms. The minimum atomic E-state index is 0.174. The smallest absolute Gasteiger partial charge is 0.161 e. The fraction of sp³-hybridized carbons (Fsp3) is 0.625. The van der Waals surface area contributed by atoms with Gasteiger partial charge in [-0.25, -0.2) is 0 Å². The van der Waals surface area contributed by atoms with Crippen LogP contribution < -0.4 is 9.47 Å². The molecular weight excluding hydrogens is 238 g/mol. The van der Waals surface area contributed by atoms with E-state index in [1.165, 1.54) is 32.4 Å². The van der Waals surface area contributed by atoms with Gasteiger partial charge in [-0.3, -0.25) is 4.90 Å². The number of para-hydroxylation sites is 2. The van der Waals surface area contributed by atoms with E-state index in [1.54, 1.807) is 0 Å². The molecule has 2 heterocycles. The van der Waals surface area contributed by atoms with Gasteiger partial charge in [-0.1, -0.05) is 25.5 Å². The first kappa shape index (κ1) is 12.8. The summed E-state index contributed by atoms with van der Waals surface area (Å²) in [6.45, 7) is 6.38. The third-order valence-electron chi connectivity index (χ3n) is 4.31. The van der Waals surface area contributed by atoms with Gasteiger partial charge in [0.2, 0.25) is 0 Å². The summed E-state index contributed by atoms with van der Waals surface area (Å²) in [4.78, 5) is 2.52. The van der Waals surface area contributed by atoms with Crippen LogP contribution in [0, 0.1) is 5.92 Å². The summed E-state index contributed by atoms with van der Waals surface area (Å²) in [6.07, 6.45) is 4.17. The summed E-state index contributed by atoms with van der Waals surface area (Å²) >= 11 is 0. The van der Waals surface area contributed by atoms with E-state index in [4.69, 9.17) is 9.47 Å². The lowest BCUT2D eigenvalue weighted by atomic mass is 9.94. The molecule has 3 heteroatoms. The van der Waals surface area contributed by atoms with Crippen molar-refractivity contribution in [1.29, 1.82) is 0 Å². The maximum atomic E-state index is 6.02. The summed E-state index contributed by atoms with van der Waals surface area (Å²) in [5, 5.41) is 0. The number of hydrogen-bond donors (Lipinski definition) is 0.